The van der Waals surface area contributed by atoms with Crippen LogP contribution in [-0.4, -0.2) is 55.7 Å². The summed E-state index contributed by atoms with van der Waals surface area (Å²) in [6, 6.07) is 50.8. The highest BCUT2D eigenvalue weighted by molar-refractivity contribution is 5.33. The van der Waals surface area contributed by atoms with E-state index in [1.54, 1.807) is 0 Å². The zero-order chi connectivity index (χ0) is 31.7. The predicted molar refractivity (Wildman–Crippen MR) is 187 cm³/mol. The first-order valence-corrected chi connectivity index (χ1v) is 17.0. The molecular formula is C42H44N2O3. The Labute approximate surface area is 279 Å². The minimum Gasteiger partial charge on any atom is -0.494 e. The molecular weight excluding hydrogens is 580 g/mol. The molecule has 0 aromatic heterocycles. The van der Waals surface area contributed by atoms with Crippen molar-refractivity contribution in [1.82, 2.24) is 9.80 Å². The quantitative estimate of drug-likeness (QED) is 0.130. The van der Waals surface area contributed by atoms with Gasteiger partial charge in [-0.3, -0.25) is 4.90 Å². The molecule has 2 aliphatic heterocycles. The summed E-state index contributed by atoms with van der Waals surface area (Å²) in [5, 5.41) is 0. The molecule has 2 saturated heterocycles. The van der Waals surface area contributed by atoms with Crippen LogP contribution in [0.4, 0.5) is 0 Å². The van der Waals surface area contributed by atoms with E-state index in [2.05, 4.69) is 131 Å². The molecule has 0 amide bonds. The van der Waals surface area contributed by atoms with Gasteiger partial charge < -0.3 is 19.1 Å². The molecule has 0 saturated carbocycles. The number of hydrogen-bond acceptors (Lipinski definition) is 5. The molecule has 7 rings (SSSR count). The Hall–Kier alpha value is -4.26. The maximum absolute atomic E-state index is 6.51. The first kappa shape index (κ1) is 31.3. The smallest absolute Gasteiger partial charge is 0.185 e. The van der Waals surface area contributed by atoms with Gasteiger partial charge in [-0.05, 0) is 40.8 Å². The van der Waals surface area contributed by atoms with Crippen molar-refractivity contribution < 1.29 is 14.2 Å². The van der Waals surface area contributed by atoms with Crippen molar-refractivity contribution in [3.63, 3.8) is 0 Å². The van der Waals surface area contributed by atoms with Gasteiger partial charge in [0.15, 0.2) is 6.29 Å². The van der Waals surface area contributed by atoms with Crippen LogP contribution >= 0.6 is 0 Å². The van der Waals surface area contributed by atoms with Gasteiger partial charge in [0.2, 0.25) is 0 Å². The molecule has 5 aromatic rings. The van der Waals surface area contributed by atoms with Crippen molar-refractivity contribution in [2.75, 3.05) is 45.9 Å². The first-order valence-electron chi connectivity index (χ1n) is 17.0. The molecule has 240 valence electrons. The van der Waals surface area contributed by atoms with Gasteiger partial charge in [0.05, 0.1) is 6.61 Å². The van der Waals surface area contributed by atoms with Crippen LogP contribution < -0.4 is 4.74 Å². The molecule has 0 N–H and O–H groups in total. The SMILES string of the molecule is c1ccc(C(CN2CCN(CCCOc3ccc(C4OC(c5ccccc5)C(c5ccccc5)O4)cc3)CC2)c2ccccc2)cc1. The topological polar surface area (TPSA) is 34.2 Å². The lowest BCUT2D eigenvalue weighted by Gasteiger charge is -2.36. The van der Waals surface area contributed by atoms with Gasteiger partial charge in [0, 0.05) is 50.7 Å². The number of benzene rings is 5. The van der Waals surface area contributed by atoms with E-state index in [-0.39, 0.29) is 12.2 Å². The van der Waals surface area contributed by atoms with Crippen molar-refractivity contribution in [3.05, 3.63) is 173 Å². The molecule has 2 atom stereocenters. The van der Waals surface area contributed by atoms with Crippen LogP contribution in [0.5, 0.6) is 5.75 Å². The summed E-state index contributed by atoms with van der Waals surface area (Å²) in [5.41, 5.74) is 6.02. The van der Waals surface area contributed by atoms with Crippen molar-refractivity contribution in [1.29, 1.82) is 0 Å². The van der Waals surface area contributed by atoms with E-state index in [0.29, 0.717) is 12.5 Å². The van der Waals surface area contributed by atoms with E-state index in [1.807, 2.05) is 24.3 Å². The number of ether oxygens (including phenoxy) is 3. The normalized spacial score (nSPS) is 20.4. The summed E-state index contributed by atoms with van der Waals surface area (Å²) in [4.78, 5) is 5.20. The third kappa shape index (κ3) is 8.01. The summed E-state index contributed by atoms with van der Waals surface area (Å²) in [7, 11) is 0. The van der Waals surface area contributed by atoms with Gasteiger partial charge in [-0.2, -0.15) is 0 Å². The standard InChI is InChI=1S/C42H44N2O3/c1-5-14-33(15-6-1)39(34-16-7-2-8-17-34)32-44-29-27-43(28-30-44)26-13-31-45-38-24-22-37(23-25-38)42-46-40(35-18-9-3-10-19-35)41(47-42)36-20-11-4-12-21-36/h1-12,14-25,39-42H,13,26-32H2. The molecule has 2 heterocycles. The number of rotatable bonds is 12. The molecule has 5 heteroatoms. The summed E-state index contributed by atoms with van der Waals surface area (Å²) >= 11 is 0. The fraction of sp³-hybridized carbons (Fsp3) is 0.286. The second kappa shape index (κ2) is 15.6. The van der Waals surface area contributed by atoms with Crippen LogP contribution in [0.15, 0.2) is 146 Å². The summed E-state index contributed by atoms with van der Waals surface area (Å²) in [6.07, 6.45) is 0.227. The van der Waals surface area contributed by atoms with Crippen LogP contribution in [-0.2, 0) is 9.47 Å². The van der Waals surface area contributed by atoms with Gasteiger partial charge in [-0.1, -0.05) is 133 Å². The van der Waals surface area contributed by atoms with E-state index in [0.717, 1.165) is 68.1 Å². The highest BCUT2D eigenvalue weighted by atomic mass is 16.7. The fourth-order valence-electron chi connectivity index (χ4n) is 6.82. The largest absolute Gasteiger partial charge is 0.494 e. The maximum Gasteiger partial charge on any atom is 0.185 e. The van der Waals surface area contributed by atoms with Crippen LogP contribution in [0.25, 0.3) is 0 Å². The van der Waals surface area contributed by atoms with Crippen molar-refractivity contribution in [2.45, 2.75) is 30.8 Å². The van der Waals surface area contributed by atoms with Gasteiger partial charge >= 0.3 is 0 Å². The Morgan fingerprint density at radius 1 is 0.532 bits per heavy atom. The van der Waals surface area contributed by atoms with Crippen LogP contribution in [0, 0.1) is 0 Å². The van der Waals surface area contributed by atoms with E-state index in [9.17, 15) is 0 Å². The van der Waals surface area contributed by atoms with Gasteiger partial charge in [-0.25, -0.2) is 0 Å². The molecule has 5 nitrogen and oxygen atoms in total. The molecule has 0 bridgehead atoms. The third-order valence-electron chi connectivity index (χ3n) is 9.42. The van der Waals surface area contributed by atoms with Gasteiger partial charge in [-0.15, -0.1) is 0 Å². The summed E-state index contributed by atoms with van der Waals surface area (Å²) in [6.45, 7) is 7.20. The highest BCUT2D eigenvalue weighted by Crippen LogP contribution is 2.48. The lowest BCUT2D eigenvalue weighted by Crippen LogP contribution is -2.47. The Bertz CT molecular complexity index is 1540. The lowest BCUT2D eigenvalue weighted by atomic mass is 9.90. The lowest BCUT2D eigenvalue weighted by molar-refractivity contribution is -0.0698. The monoisotopic (exact) mass is 624 g/mol. The number of hydrogen-bond donors (Lipinski definition) is 0. The summed E-state index contributed by atoms with van der Waals surface area (Å²) in [5.74, 6) is 1.27. The molecule has 2 aliphatic rings. The Kier molecular flexibility index (Phi) is 10.4. The van der Waals surface area contributed by atoms with E-state index in [1.165, 1.54) is 11.1 Å². The average molecular weight is 625 g/mol. The zero-order valence-electron chi connectivity index (χ0n) is 26.9. The van der Waals surface area contributed by atoms with E-state index in [4.69, 9.17) is 14.2 Å². The fourth-order valence-corrected chi connectivity index (χ4v) is 6.82. The van der Waals surface area contributed by atoms with Gasteiger partial charge in [0.25, 0.3) is 0 Å². The second-order valence-electron chi connectivity index (χ2n) is 12.6. The maximum atomic E-state index is 6.51. The van der Waals surface area contributed by atoms with Crippen molar-refractivity contribution in [2.24, 2.45) is 0 Å². The van der Waals surface area contributed by atoms with E-state index >= 15 is 0 Å². The molecule has 2 fully saturated rings. The average Bonchev–Trinajstić information content (AvgIpc) is 3.60. The molecule has 0 spiro atoms. The van der Waals surface area contributed by atoms with Crippen molar-refractivity contribution in [3.8, 4) is 5.75 Å². The predicted octanol–water partition coefficient (Wildman–Crippen LogP) is 8.43. The molecule has 2 unspecified atom stereocenters. The van der Waals surface area contributed by atoms with Crippen LogP contribution in [0.3, 0.4) is 0 Å². The first-order chi connectivity index (χ1) is 23.3. The second-order valence-corrected chi connectivity index (χ2v) is 12.6. The summed E-state index contributed by atoms with van der Waals surface area (Å²) < 4.78 is 19.2. The number of piperazine rings is 1. The minimum absolute atomic E-state index is 0.171. The Morgan fingerprint density at radius 3 is 1.51 bits per heavy atom. The molecule has 47 heavy (non-hydrogen) atoms. The highest BCUT2D eigenvalue weighted by Gasteiger charge is 2.38. The Balaban J connectivity index is 0.869. The number of nitrogens with zero attached hydrogens (tertiary/aromatic N) is 2. The van der Waals surface area contributed by atoms with E-state index < -0.39 is 6.29 Å². The molecule has 0 aliphatic carbocycles. The third-order valence-corrected chi connectivity index (χ3v) is 9.42. The van der Waals surface area contributed by atoms with Gasteiger partial charge in [0.1, 0.15) is 18.0 Å². The minimum atomic E-state index is -0.436. The van der Waals surface area contributed by atoms with Crippen LogP contribution in [0.2, 0.25) is 0 Å². The van der Waals surface area contributed by atoms with Crippen LogP contribution in [0.1, 0.15) is 58.7 Å². The Morgan fingerprint density at radius 2 is 1.00 bits per heavy atom. The molecule has 0 radical (unpaired) electrons. The van der Waals surface area contributed by atoms with Crippen molar-refractivity contribution >= 4 is 0 Å². The molecule has 5 aromatic carbocycles. The zero-order valence-corrected chi connectivity index (χ0v) is 26.9.